The maximum absolute atomic E-state index is 5.27. The SMILES string of the molecule is CC1(C)c2ccccc2-c2ccc(-c3cnc4c(c3)nc(-c3ccc(-n5c6c(c7ccccc75)CCC=C6)cc3)n4-c3ccccc3)cc21. The highest BCUT2D eigenvalue weighted by atomic mass is 15.1. The first-order chi connectivity index (χ1) is 24.1. The largest absolute Gasteiger partial charge is 0.310 e. The maximum Gasteiger partial charge on any atom is 0.164 e. The van der Waals surface area contributed by atoms with Crippen molar-refractivity contribution < 1.29 is 0 Å². The third kappa shape index (κ3) is 4.17. The molecule has 5 aromatic carbocycles. The molecule has 0 aliphatic heterocycles. The summed E-state index contributed by atoms with van der Waals surface area (Å²) in [6.45, 7) is 4.65. The van der Waals surface area contributed by atoms with E-state index in [-0.39, 0.29) is 5.41 Å². The van der Waals surface area contributed by atoms with Gasteiger partial charge in [0, 0.05) is 45.2 Å². The van der Waals surface area contributed by atoms with E-state index in [1.54, 1.807) is 0 Å². The number of fused-ring (bicyclic) bond motifs is 7. The van der Waals surface area contributed by atoms with Crippen molar-refractivity contribution in [3.8, 4) is 45.0 Å². The highest BCUT2D eigenvalue weighted by molar-refractivity contribution is 5.91. The van der Waals surface area contributed by atoms with Crippen LogP contribution in [0.4, 0.5) is 0 Å². The molecule has 0 bridgehead atoms. The van der Waals surface area contributed by atoms with Crippen LogP contribution < -0.4 is 0 Å². The molecule has 2 aliphatic carbocycles. The molecule has 0 N–H and O–H groups in total. The number of hydrogen-bond acceptors (Lipinski definition) is 2. The van der Waals surface area contributed by atoms with Gasteiger partial charge in [-0.1, -0.05) is 92.7 Å². The summed E-state index contributed by atoms with van der Waals surface area (Å²) in [5.41, 5.74) is 16.5. The fourth-order valence-electron chi connectivity index (χ4n) is 8.25. The van der Waals surface area contributed by atoms with Crippen molar-refractivity contribution in [1.29, 1.82) is 0 Å². The number of nitrogens with zero attached hydrogens (tertiary/aromatic N) is 4. The van der Waals surface area contributed by atoms with E-state index in [4.69, 9.17) is 9.97 Å². The van der Waals surface area contributed by atoms with Crippen molar-refractivity contribution in [1.82, 2.24) is 19.1 Å². The van der Waals surface area contributed by atoms with Gasteiger partial charge in [0.15, 0.2) is 5.65 Å². The van der Waals surface area contributed by atoms with Crippen LogP contribution in [-0.4, -0.2) is 19.1 Å². The van der Waals surface area contributed by atoms with E-state index in [2.05, 4.69) is 156 Å². The molecule has 0 unspecified atom stereocenters. The average molecular weight is 631 g/mol. The average Bonchev–Trinajstić information content (AvgIpc) is 3.78. The summed E-state index contributed by atoms with van der Waals surface area (Å²) < 4.78 is 4.58. The van der Waals surface area contributed by atoms with Crippen LogP contribution in [0.1, 0.15) is 42.7 Å². The molecule has 0 atom stereocenters. The topological polar surface area (TPSA) is 35.6 Å². The second kappa shape index (κ2) is 10.5. The van der Waals surface area contributed by atoms with Crippen molar-refractivity contribution in [3.63, 3.8) is 0 Å². The number of allylic oxidation sites excluding steroid dienone is 1. The molecular formula is C45H34N4. The Morgan fingerprint density at radius 2 is 1.37 bits per heavy atom. The highest BCUT2D eigenvalue weighted by Gasteiger charge is 2.35. The molecule has 234 valence electrons. The van der Waals surface area contributed by atoms with Crippen LogP contribution in [0.15, 0.2) is 140 Å². The number of pyridine rings is 1. The Balaban J connectivity index is 1.09. The monoisotopic (exact) mass is 630 g/mol. The van der Waals surface area contributed by atoms with Crippen LogP contribution in [0, 0.1) is 0 Å². The molecule has 49 heavy (non-hydrogen) atoms. The fourth-order valence-corrected chi connectivity index (χ4v) is 8.25. The number of para-hydroxylation sites is 2. The molecule has 3 heterocycles. The molecule has 4 nitrogen and oxygen atoms in total. The summed E-state index contributed by atoms with van der Waals surface area (Å²) in [6, 6.07) is 45.9. The molecule has 3 aromatic heterocycles. The molecule has 0 saturated heterocycles. The van der Waals surface area contributed by atoms with Gasteiger partial charge in [-0.3, -0.25) is 4.57 Å². The third-order valence-corrected chi connectivity index (χ3v) is 10.7. The minimum Gasteiger partial charge on any atom is -0.310 e. The van der Waals surface area contributed by atoms with Gasteiger partial charge >= 0.3 is 0 Å². The van der Waals surface area contributed by atoms with Crippen LogP contribution >= 0.6 is 0 Å². The second-order valence-electron chi connectivity index (χ2n) is 13.8. The van der Waals surface area contributed by atoms with Crippen molar-refractivity contribution >= 4 is 28.1 Å². The van der Waals surface area contributed by atoms with Crippen molar-refractivity contribution in [2.45, 2.75) is 32.1 Å². The predicted molar refractivity (Wildman–Crippen MR) is 201 cm³/mol. The molecule has 8 aromatic rings. The van der Waals surface area contributed by atoms with Crippen LogP contribution in [0.5, 0.6) is 0 Å². The number of hydrogen-bond donors (Lipinski definition) is 0. The first-order valence-electron chi connectivity index (χ1n) is 17.1. The summed E-state index contributed by atoms with van der Waals surface area (Å²) in [6.07, 6.45) is 8.74. The zero-order chi connectivity index (χ0) is 32.7. The van der Waals surface area contributed by atoms with Gasteiger partial charge in [-0.05, 0) is 107 Å². The standard InChI is InChI=1S/C45H34N4/c1-45(2)38-17-9-6-14-34(38)35-25-22-30(26-39(35)45)31-27-40-44(46-28-31)49(32-12-4-3-5-13-32)43(47-40)29-20-23-33(24-21-29)48-41-18-10-7-15-36(41)37-16-8-11-19-42(37)48/h3-7,9-15,17-28H,8,16H2,1-2H3. The van der Waals surface area contributed by atoms with Crippen LogP contribution in [0.2, 0.25) is 0 Å². The van der Waals surface area contributed by atoms with Crippen molar-refractivity contribution in [2.24, 2.45) is 0 Å². The first-order valence-corrected chi connectivity index (χ1v) is 17.1. The van der Waals surface area contributed by atoms with Crippen LogP contribution in [0.3, 0.4) is 0 Å². The lowest BCUT2D eigenvalue weighted by molar-refractivity contribution is 0.660. The Kier molecular flexibility index (Phi) is 6.01. The Labute approximate surface area is 285 Å². The number of imidazole rings is 1. The Bertz CT molecular complexity index is 2620. The Hall–Kier alpha value is -6.00. The Morgan fingerprint density at radius 1 is 0.633 bits per heavy atom. The lowest BCUT2D eigenvalue weighted by Crippen LogP contribution is -2.14. The fraction of sp³-hybridized carbons (Fsp3) is 0.111. The van der Waals surface area contributed by atoms with Crippen molar-refractivity contribution in [3.05, 3.63) is 162 Å². The van der Waals surface area contributed by atoms with E-state index in [0.717, 1.165) is 57.9 Å². The molecule has 0 radical (unpaired) electrons. The van der Waals surface area contributed by atoms with E-state index in [9.17, 15) is 0 Å². The van der Waals surface area contributed by atoms with E-state index in [1.807, 2.05) is 12.3 Å². The lowest BCUT2D eigenvalue weighted by Gasteiger charge is -2.22. The molecular weight excluding hydrogens is 597 g/mol. The zero-order valence-corrected chi connectivity index (χ0v) is 27.6. The Morgan fingerprint density at radius 3 is 2.24 bits per heavy atom. The summed E-state index contributed by atoms with van der Waals surface area (Å²) in [4.78, 5) is 10.4. The highest BCUT2D eigenvalue weighted by Crippen LogP contribution is 2.49. The van der Waals surface area contributed by atoms with Gasteiger partial charge in [0.25, 0.3) is 0 Å². The van der Waals surface area contributed by atoms with Gasteiger partial charge in [-0.25, -0.2) is 9.97 Å². The van der Waals surface area contributed by atoms with E-state index >= 15 is 0 Å². The van der Waals surface area contributed by atoms with Gasteiger partial charge in [0.1, 0.15) is 11.3 Å². The minimum atomic E-state index is -0.0593. The van der Waals surface area contributed by atoms with Crippen molar-refractivity contribution in [2.75, 3.05) is 0 Å². The van der Waals surface area contributed by atoms with Gasteiger partial charge in [0.2, 0.25) is 0 Å². The number of rotatable bonds is 4. The van der Waals surface area contributed by atoms with Crippen LogP contribution in [0.25, 0.3) is 73.2 Å². The normalized spacial score (nSPS) is 14.2. The summed E-state index contributed by atoms with van der Waals surface area (Å²) in [5, 5.41) is 1.34. The smallest absolute Gasteiger partial charge is 0.164 e. The van der Waals surface area contributed by atoms with E-state index < -0.39 is 0 Å². The minimum absolute atomic E-state index is 0.0593. The quantitative estimate of drug-likeness (QED) is 0.194. The zero-order valence-electron chi connectivity index (χ0n) is 27.6. The summed E-state index contributed by atoms with van der Waals surface area (Å²) in [7, 11) is 0. The number of benzene rings is 5. The molecule has 0 saturated carbocycles. The third-order valence-electron chi connectivity index (χ3n) is 10.7. The molecule has 0 spiro atoms. The number of aryl methyl sites for hydroxylation is 1. The molecule has 0 amide bonds. The molecule has 10 rings (SSSR count). The van der Waals surface area contributed by atoms with E-state index in [1.165, 1.54) is 44.4 Å². The van der Waals surface area contributed by atoms with Gasteiger partial charge in [-0.2, -0.15) is 0 Å². The van der Waals surface area contributed by atoms with Gasteiger partial charge in [0.05, 0.1) is 5.52 Å². The molecule has 0 fully saturated rings. The molecule has 2 aliphatic rings. The second-order valence-corrected chi connectivity index (χ2v) is 13.8. The predicted octanol–water partition coefficient (Wildman–Crippen LogP) is 11.0. The van der Waals surface area contributed by atoms with E-state index in [0.29, 0.717) is 0 Å². The van der Waals surface area contributed by atoms with Crippen LogP contribution in [-0.2, 0) is 11.8 Å². The van der Waals surface area contributed by atoms with Gasteiger partial charge in [-0.15, -0.1) is 0 Å². The van der Waals surface area contributed by atoms with Gasteiger partial charge < -0.3 is 4.57 Å². The summed E-state index contributed by atoms with van der Waals surface area (Å²) in [5.74, 6) is 0.877. The first kappa shape index (κ1) is 28.1. The summed E-state index contributed by atoms with van der Waals surface area (Å²) >= 11 is 0. The lowest BCUT2D eigenvalue weighted by atomic mass is 9.81. The maximum atomic E-state index is 5.27. The molecule has 4 heteroatoms. The number of aromatic nitrogens is 4.